The molecule has 0 saturated heterocycles. The highest BCUT2D eigenvalue weighted by Gasteiger charge is 2.34. The highest BCUT2D eigenvalue weighted by molar-refractivity contribution is 6.04. The number of hydrogen-bond acceptors (Lipinski definition) is 8. The summed E-state index contributed by atoms with van der Waals surface area (Å²) >= 11 is 0. The van der Waals surface area contributed by atoms with E-state index in [9.17, 15) is 14.7 Å². The molecule has 2 aromatic carbocycles. The molecule has 0 aliphatic carbocycles. The van der Waals surface area contributed by atoms with Crippen LogP contribution in [0.15, 0.2) is 77.9 Å². The molecule has 250 valence electrons. The fourth-order valence-electron chi connectivity index (χ4n) is 6.17. The summed E-state index contributed by atoms with van der Waals surface area (Å²) in [5.74, 6) is -0.210. The summed E-state index contributed by atoms with van der Waals surface area (Å²) in [6, 6.07) is 13.1. The highest BCUT2D eigenvalue weighted by Crippen LogP contribution is 2.43. The van der Waals surface area contributed by atoms with Crippen molar-refractivity contribution in [2.75, 3.05) is 33.8 Å². The molecule has 1 heterocycles. The van der Waals surface area contributed by atoms with Gasteiger partial charge in [0.15, 0.2) is 6.10 Å². The van der Waals surface area contributed by atoms with Crippen molar-refractivity contribution in [3.05, 3.63) is 89.0 Å². The van der Waals surface area contributed by atoms with E-state index >= 15 is 0 Å². The maximum absolute atomic E-state index is 13.2. The average Bonchev–Trinajstić information content (AvgIpc) is 3.03. The predicted molar refractivity (Wildman–Crippen MR) is 178 cm³/mol. The Morgan fingerprint density at radius 1 is 0.978 bits per heavy atom. The zero-order chi connectivity index (χ0) is 34.0. The van der Waals surface area contributed by atoms with Gasteiger partial charge in [0.2, 0.25) is 0 Å². The number of anilines is 1. The van der Waals surface area contributed by atoms with Gasteiger partial charge < -0.3 is 39.8 Å². The molecule has 46 heavy (non-hydrogen) atoms. The molecular weight excluding hydrogens is 588 g/mol. The van der Waals surface area contributed by atoms with E-state index in [0.29, 0.717) is 34.6 Å². The van der Waals surface area contributed by atoms with Crippen molar-refractivity contribution in [1.29, 1.82) is 0 Å². The molecule has 7 atom stereocenters. The third-order valence-corrected chi connectivity index (χ3v) is 8.55. The van der Waals surface area contributed by atoms with E-state index in [2.05, 4.69) is 12.2 Å². The maximum atomic E-state index is 13.2. The number of methoxy groups -OCH3 is 4. The third-order valence-electron chi connectivity index (χ3n) is 8.55. The summed E-state index contributed by atoms with van der Waals surface area (Å²) in [7, 11) is 6.40. The van der Waals surface area contributed by atoms with Crippen molar-refractivity contribution in [1.82, 2.24) is 0 Å². The van der Waals surface area contributed by atoms with Crippen molar-refractivity contribution < 1.29 is 38.4 Å². The zero-order valence-electron chi connectivity index (χ0n) is 28.0. The minimum Gasteiger partial charge on any atom is -0.505 e. The topological polar surface area (TPSA) is 139 Å². The SMILES string of the molecule is COc1ccc([C@H]2c3cccc(c3O)NC(=O)/C(C)=C/C=C\[C@H](OC)[C@@H](OC(N)=O)/C(C)=C/[C@H](C)[C@@H](OC)[C@@H](OC)C[C@@H]2C)cc1. The van der Waals surface area contributed by atoms with Gasteiger partial charge >= 0.3 is 6.09 Å². The monoisotopic (exact) mass is 636 g/mol. The normalized spacial score (nSPS) is 29.4. The standard InChI is InChI=1S/C36H48N2O8/c1-21-11-9-14-29(43-6)34(46-36(37)41)24(4)19-23(3)33(45-8)30(44-7)20-22(2)31(25-15-17-26(42-5)18-16-25)27-12-10-13-28(32(27)39)38-35(21)40/h9-19,22-23,29-31,33-34,39H,20H2,1-8H3,(H2,37,41)(H,38,40)/b14-9-,21-11+,24-19+/t22-,23-,29-,30-,31-,33+,34-/m0/s1. The number of ether oxygens (including phenoxy) is 5. The number of aromatic hydroxyl groups is 1. The van der Waals surface area contributed by atoms with Gasteiger partial charge in [-0.1, -0.05) is 62.4 Å². The summed E-state index contributed by atoms with van der Waals surface area (Å²) in [5, 5.41) is 14.4. The first-order valence-electron chi connectivity index (χ1n) is 15.3. The number of hydrogen-bond donors (Lipinski definition) is 3. The van der Waals surface area contributed by atoms with E-state index in [1.165, 1.54) is 7.11 Å². The van der Waals surface area contributed by atoms with Gasteiger partial charge in [-0.2, -0.15) is 0 Å². The molecule has 2 amide bonds. The first-order chi connectivity index (χ1) is 21.9. The lowest BCUT2D eigenvalue weighted by atomic mass is 9.77. The van der Waals surface area contributed by atoms with Gasteiger partial charge in [-0.15, -0.1) is 0 Å². The second kappa shape index (κ2) is 17.0. The minimum absolute atomic E-state index is 0.0140. The van der Waals surface area contributed by atoms with Gasteiger partial charge in [-0.3, -0.25) is 4.79 Å². The van der Waals surface area contributed by atoms with Gasteiger partial charge in [-0.25, -0.2) is 4.79 Å². The zero-order valence-corrected chi connectivity index (χ0v) is 28.0. The Bertz CT molecular complexity index is 1420. The Hall–Kier alpha value is -4.12. The summed E-state index contributed by atoms with van der Waals surface area (Å²) in [5.41, 5.74) is 8.46. The van der Waals surface area contributed by atoms with Crippen molar-refractivity contribution in [3.63, 3.8) is 0 Å². The molecular formula is C36H48N2O8. The Morgan fingerprint density at radius 3 is 2.26 bits per heavy atom. The molecule has 2 bridgehead atoms. The minimum atomic E-state index is -0.941. The second-order valence-corrected chi connectivity index (χ2v) is 11.7. The lowest BCUT2D eigenvalue weighted by Crippen LogP contribution is -2.38. The first-order valence-corrected chi connectivity index (χ1v) is 15.3. The molecule has 3 rings (SSSR count). The number of phenols is 1. The van der Waals surface area contributed by atoms with Crippen LogP contribution in [0.5, 0.6) is 11.5 Å². The smallest absolute Gasteiger partial charge is 0.405 e. The van der Waals surface area contributed by atoms with Crippen molar-refractivity contribution >= 4 is 17.7 Å². The number of nitrogens with two attached hydrogens (primary N) is 1. The number of fused-ring (bicyclic) bond motifs is 2. The first kappa shape index (κ1) is 36.3. The number of amides is 2. The predicted octanol–water partition coefficient (Wildman–Crippen LogP) is 6.10. The number of phenolic OH excluding ortho intramolecular Hbond substituents is 1. The molecule has 10 nitrogen and oxygen atoms in total. The number of para-hydroxylation sites is 1. The van der Waals surface area contributed by atoms with Crippen molar-refractivity contribution in [2.24, 2.45) is 17.6 Å². The molecule has 4 N–H and O–H groups in total. The highest BCUT2D eigenvalue weighted by atomic mass is 16.6. The van der Waals surface area contributed by atoms with Crippen molar-refractivity contribution in [2.45, 2.75) is 64.4 Å². The van der Waals surface area contributed by atoms with Crippen LogP contribution in [0.4, 0.5) is 10.5 Å². The van der Waals surface area contributed by atoms with Crippen LogP contribution in [0, 0.1) is 11.8 Å². The molecule has 0 spiro atoms. The van der Waals surface area contributed by atoms with E-state index in [4.69, 9.17) is 29.4 Å². The Morgan fingerprint density at radius 2 is 1.67 bits per heavy atom. The van der Waals surface area contributed by atoms with Gasteiger partial charge in [0, 0.05) is 44.3 Å². The fraction of sp³-hybridized carbons (Fsp3) is 0.444. The summed E-state index contributed by atoms with van der Waals surface area (Å²) in [4.78, 5) is 25.1. The molecule has 0 aromatic heterocycles. The Kier molecular flexibility index (Phi) is 13.4. The molecule has 1 aliphatic heterocycles. The van der Waals surface area contributed by atoms with Crippen LogP contribution in [-0.4, -0.2) is 70.0 Å². The van der Waals surface area contributed by atoms with E-state index in [1.54, 1.807) is 52.5 Å². The van der Waals surface area contributed by atoms with Crippen LogP contribution in [0.1, 0.15) is 51.2 Å². The van der Waals surface area contributed by atoms with E-state index in [-0.39, 0.29) is 35.7 Å². The number of primary amides is 1. The van der Waals surface area contributed by atoms with Gasteiger partial charge in [-0.05, 0) is 55.5 Å². The molecule has 0 radical (unpaired) electrons. The number of allylic oxidation sites excluding steroid dienone is 2. The maximum Gasteiger partial charge on any atom is 0.405 e. The third kappa shape index (κ3) is 8.99. The quantitative estimate of drug-likeness (QED) is 0.255. The molecule has 0 unspecified atom stereocenters. The van der Waals surface area contributed by atoms with E-state index in [1.807, 2.05) is 56.3 Å². The number of nitrogens with one attached hydrogen (secondary N) is 1. The van der Waals surface area contributed by atoms with Gasteiger partial charge in [0.05, 0.1) is 25.0 Å². The number of carbonyl (C=O) groups is 2. The van der Waals surface area contributed by atoms with E-state index in [0.717, 1.165) is 5.56 Å². The Balaban J connectivity index is 2.21. The van der Waals surface area contributed by atoms with Gasteiger partial charge in [0.25, 0.3) is 5.91 Å². The molecule has 0 saturated carbocycles. The van der Waals surface area contributed by atoms with Crippen LogP contribution < -0.4 is 15.8 Å². The van der Waals surface area contributed by atoms with Crippen LogP contribution in [0.2, 0.25) is 0 Å². The average molecular weight is 637 g/mol. The summed E-state index contributed by atoms with van der Waals surface area (Å²) in [6.45, 7) is 7.61. The Labute approximate surface area is 272 Å². The number of rotatable bonds is 6. The largest absolute Gasteiger partial charge is 0.505 e. The van der Waals surface area contributed by atoms with Crippen molar-refractivity contribution in [3.8, 4) is 11.5 Å². The molecule has 1 aliphatic rings. The van der Waals surface area contributed by atoms with Crippen LogP contribution in [-0.2, 0) is 23.7 Å². The number of benzene rings is 2. The molecule has 2 aromatic rings. The van der Waals surface area contributed by atoms with E-state index < -0.39 is 24.2 Å². The van der Waals surface area contributed by atoms with Gasteiger partial charge in [0.1, 0.15) is 17.6 Å². The summed E-state index contributed by atoms with van der Waals surface area (Å²) < 4.78 is 28.6. The van der Waals surface area contributed by atoms with Crippen LogP contribution in [0.25, 0.3) is 0 Å². The fourth-order valence-corrected chi connectivity index (χ4v) is 6.17. The molecule has 0 fully saturated rings. The van der Waals surface area contributed by atoms with Crippen LogP contribution in [0.3, 0.4) is 0 Å². The lowest BCUT2D eigenvalue weighted by molar-refractivity contribution is -0.112. The lowest BCUT2D eigenvalue weighted by Gasteiger charge is -2.34. The number of carbonyl (C=O) groups excluding carboxylic acids is 2. The second-order valence-electron chi connectivity index (χ2n) is 11.7. The van der Waals surface area contributed by atoms with Crippen LogP contribution >= 0.6 is 0 Å². The molecule has 10 heteroatoms. The summed E-state index contributed by atoms with van der Waals surface area (Å²) in [6.07, 6.45) is 4.28.